The van der Waals surface area contributed by atoms with Gasteiger partial charge in [0.1, 0.15) is 18.2 Å². The van der Waals surface area contributed by atoms with Gasteiger partial charge in [-0.05, 0) is 6.92 Å². The van der Waals surface area contributed by atoms with Crippen molar-refractivity contribution in [3.63, 3.8) is 0 Å². The van der Waals surface area contributed by atoms with Crippen molar-refractivity contribution < 1.29 is 9.47 Å². The summed E-state index contributed by atoms with van der Waals surface area (Å²) in [5.74, 6) is 4.05. The molecule has 1 saturated heterocycles. The van der Waals surface area contributed by atoms with Gasteiger partial charge in [0.2, 0.25) is 5.88 Å². The third kappa shape index (κ3) is 2.80. The lowest BCUT2D eigenvalue weighted by molar-refractivity contribution is 0.176. The van der Waals surface area contributed by atoms with Gasteiger partial charge in [0, 0.05) is 26.3 Å². The van der Waals surface area contributed by atoms with Crippen LogP contribution in [0.4, 0.5) is 5.82 Å². The number of hydrogen-bond acceptors (Lipinski definition) is 7. The third-order valence-electron chi connectivity index (χ3n) is 3.40. The molecule has 8 heteroatoms. The largest absolute Gasteiger partial charge is 0.481 e. The third-order valence-corrected chi connectivity index (χ3v) is 3.40. The maximum absolute atomic E-state index is 5.21. The van der Waals surface area contributed by atoms with Crippen LogP contribution in [-0.2, 0) is 11.3 Å². The smallest absolute Gasteiger partial charge is 0.218 e. The van der Waals surface area contributed by atoms with Crippen molar-refractivity contribution in [3.05, 3.63) is 23.5 Å². The summed E-state index contributed by atoms with van der Waals surface area (Å²) < 4.78 is 10.3. The molecule has 2 aromatic rings. The van der Waals surface area contributed by atoms with Crippen molar-refractivity contribution in [2.24, 2.45) is 0 Å². The van der Waals surface area contributed by atoms with Crippen LogP contribution in [0, 0.1) is 6.92 Å². The first-order chi connectivity index (χ1) is 10.2. The molecule has 8 nitrogen and oxygen atoms in total. The number of hydrogen-bond donors (Lipinski definition) is 1. The quantitative estimate of drug-likeness (QED) is 0.865. The highest BCUT2D eigenvalue weighted by Gasteiger charge is 2.32. The standard InChI is InChI=1S/C13H18N6O2/c1-8-14-13(18-17-8)9-5-19(6-9)11-4-12(21-3)16-10(15-11)7-20-2/h4,9H,5-7H2,1-3H3,(H,14,17,18). The van der Waals surface area contributed by atoms with Crippen molar-refractivity contribution in [2.75, 3.05) is 32.2 Å². The van der Waals surface area contributed by atoms with Gasteiger partial charge < -0.3 is 14.4 Å². The minimum Gasteiger partial charge on any atom is -0.481 e. The van der Waals surface area contributed by atoms with Crippen LogP contribution in [0.5, 0.6) is 5.88 Å². The van der Waals surface area contributed by atoms with Crippen LogP contribution in [-0.4, -0.2) is 52.5 Å². The fourth-order valence-corrected chi connectivity index (χ4v) is 2.29. The van der Waals surface area contributed by atoms with Crippen molar-refractivity contribution in [1.29, 1.82) is 0 Å². The summed E-state index contributed by atoms with van der Waals surface area (Å²) in [5, 5.41) is 7.08. The van der Waals surface area contributed by atoms with Gasteiger partial charge in [-0.25, -0.2) is 9.97 Å². The lowest BCUT2D eigenvalue weighted by atomic mass is 9.99. The number of aryl methyl sites for hydroxylation is 1. The number of aromatic amines is 1. The van der Waals surface area contributed by atoms with Crippen LogP contribution >= 0.6 is 0 Å². The van der Waals surface area contributed by atoms with Crippen molar-refractivity contribution in [2.45, 2.75) is 19.4 Å². The first-order valence-corrected chi connectivity index (χ1v) is 6.74. The minimum absolute atomic E-state index is 0.335. The summed E-state index contributed by atoms with van der Waals surface area (Å²) in [7, 11) is 3.21. The maximum atomic E-state index is 5.21. The predicted octanol–water partition coefficient (Wildman–Crippen LogP) is 0.662. The molecular weight excluding hydrogens is 272 g/mol. The second-order valence-electron chi connectivity index (χ2n) is 5.00. The molecule has 0 spiro atoms. The Bertz CT molecular complexity index is 623. The molecule has 0 amide bonds. The Balaban J connectivity index is 1.72. The van der Waals surface area contributed by atoms with Crippen molar-refractivity contribution >= 4 is 5.82 Å². The molecule has 2 aromatic heterocycles. The van der Waals surface area contributed by atoms with E-state index in [0.29, 0.717) is 24.2 Å². The first kappa shape index (κ1) is 13.7. The number of aromatic nitrogens is 5. The molecule has 1 fully saturated rings. The minimum atomic E-state index is 0.335. The zero-order chi connectivity index (χ0) is 14.8. The SMILES string of the molecule is COCc1nc(OC)cc(N2CC(c3n[nH]c(C)n3)C2)n1. The molecule has 0 saturated carbocycles. The number of anilines is 1. The van der Waals surface area contributed by atoms with Crippen LogP contribution in [0.25, 0.3) is 0 Å². The van der Waals surface area contributed by atoms with Gasteiger partial charge in [0.25, 0.3) is 0 Å². The van der Waals surface area contributed by atoms with E-state index in [9.17, 15) is 0 Å². The van der Waals surface area contributed by atoms with Crippen LogP contribution in [0.3, 0.4) is 0 Å². The maximum Gasteiger partial charge on any atom is 0.218 e. The Morgan fingerprint density at radius 2 is 2.10 bits per heavy atom. The number of ether oxygens (including phenoxy) is 2. The Labute approximate surface area is 122 Å². The zero-order valence-corrected chi connectivity index (χ0v) is 12.3. The first-order valence-electron chi connectivity index (χ1n) is 6.74. The number of nitrogens with zero attached hydrogens (tertiary/aromatic N) is 5. The molecule has 0 bridgehead atoms. The molecule has 1 N–H and O–H groups in total. The molecule has 21 heavy (non-hydrogen) atoms. The Morgan fingerprint density at radius 1 is 1.29 bits per heavy atom. The van der Waals surface area contributed by atoms with Gasteiger partial charge in [-0.15, -0.1) is 0 Å². The van der Waals surface area contributed by atoms with Crippen LogP contribution in [0.2, 0.25) is 0 Å². The summed E-state index contributed by atoms with van der Waals surface area (Å²) in [6.45, 7) is 3.94. The average molecular weight is 290 g/mol. The van der Waals surface area contributed by atoms with Gasteiger partial charge in [-0.2, -0.15) is 10.1 Å². The van der Waals surface area contributed by atoms with E-state index in [4.69, 9.17) is 9.47 Å². The summed E-state index contributed by atoms with van der Waals surface area (Å²) >= 11 is 0. The molecular formula is C13H18N6O2. The fraction of sp³-hybridized carbons (Fsp3) is 0.538. The van der Waals surface area contributed by atoms with Gasteiger partial charge in [-0.1, -0.05) is 0 Å². The van der Waals surface area contributed by atoms with Gasteiger partial charge in [0.15, 0.2) is 11.6 Å². The molecule has 1 aliphatic heterocycles. The van der Waals surface area contributed by atoms with E-state index in [1.807, 2.05) is 13.0 Å². The highest BCUT2D eigenvalue weighted by molar-refractivity contribution is 5.46. The lowest BCUT2D eigenvalue weighted by Crippen LogP contribution is -2.46. The van der Waals surface area contributed by atoms with Crippen molar-refractivity contribution in [1.82, 2.24) is 25.1 Å². The van der Waals surface area contributed by atoms with E-state index >= 15 is 0 Å². The molecule has 0 unspecified atom stereocenters. The van der Waals surface area contributed by atoms with Gasteiger partial charge in [-0.3, -0.25) is 5.10 Å². The second-order valence-corrected chi connectivity index (χ2v) is 5.00. The van der Waals surface area contributed by atoms with E-state index < -0.39 is 0 Å². The molecule has 1 aliphatic rings. The van der Waals surface area contributed by atoms with E-state index in [1.54, 1.807) is 14.2 Å². The van der Waals surface area contributed by atoms with Crippen molar-refractivity contribution in [3.8, 4) is 5.88 Å². The Hall–Kier alpha value is -2.22. The van der Waals surface area contributed by atoms with Crippen LogP contribution in [0.15, 0.2) is 6.07 Å². The summed E-state index contributed by atoms with van der Waals surface area (Å²) in [6.07, 6.45) is 0. The zero-order valence-electron chi connectivity index (χ0n) is 12.3. The summed E-state index contributed by atoms with van der Waals surface area (Å²) in [6, 6.07) is 1.83. The van der Waals surface area contributed by atoms with Gasteiger partial charge in [0.05, 0.1) is 13.0 Å². The topological polar surface area (TPSA) is 89.0 Å². The number of nitrogens with one attached hydrogen (secondary N) is 1. The summed E-state index contributed by atoms with van der Waals surface area (Å²) in [5.41, 5.74) is 0. The normalized spacial score (nSPS) is 15.1. The van der Waals surface area contributed by atoms with Gasteiger partial charge >= 0.3 is 0 Å². The Kier molecular flexibility index (Phi) is 3.70. The number of H-pyrrole nitrogens is 1. The average Bonchev–Trinajstić information content (AvgIpc) is 2.83. The molecule has 3 rings (SSSR count). The highest BCUT2D eigenvalue weighted by atomic mass is 16.5. The molecule has 0 radical (unpaired) electrons. The predicted molar refractivity (Wildman–Crippen MR) is 75.4 cm³/mol. The van der Waals surface area contributed by atoms with E-state index in [0.717, 1.165) is 30.6 Å². The molecule has 0 aliphatic carbocycles. The van der Waals surface area contributed by atoms with E-state index in [-0.39, 0.29) is 0 Å². The molecule has 3 heterocycles. The molecule has 112 valence electrons. The molecule has 0 atom stereocenters. The molecule has 0 aromatic carbocycles. The highest BCUT2D eigenvalue weighted by Crippen LogP contribution is 2.30. The second kappa shape index (κ2) is 5.65. The number of rotatable bonds is 5. The summed E-state index contributed by atoms with van der Waals surface area (Å²) in [4.78, 5) is 15.3. The number of methoxy groups -OCH3 is 2. The van der Waals surface area contributed by atoms with Crippen LogP contribution < -0.4 is 9.64 Å². The monoisotopic (exact) mass is 290 g/mol. The van der Waals surface area contributed by atoms with E-state index in [2.05, 4.69) is 30.0 Å². The fourth-order valence-electron chi connectivity index (χ4n) is 2.29. The van der Waals surface area contributed by atoms with Crippen LogP contribution in [0.1, 0.15) is 23.4 Å². The van der Waals surface area contributed by atoms with E-state index in [1.165, 1.54) is 0 Å². The Morgan fingerprint density at radius 3 is 2.71 bits per heavy atom. The lowest BCUT2D eigenvalue weighted by Gasteiger charge is -2.38.